The van der Waals surface area contributed by atoms with Crippen LogP contribution in [0.15, 0.2) is 30.5 Å². The molecule has 1 amide bonds. The Hall–Kier alpha value is -1.85. The molecule has 1 aliphatic rings. The third-order valence-corrected chi connectivity index (χ3v) is 4.79. The molecule has 2 aromatic rings. The lowest BCUT2D eigenvalue weighted by Gasteiger charge is -2.34. The maximum atomic E-state index is 12.3. The van der Waals surface area contributed by atoms with E-state index in [-0.39, 0.29) is 18.6 Å². The molecule has 2 N–H and O–H groups in total. The molecular formula is C18H25N3O2. The molecule has 3 rings (SSSR count). The summed E-state index contributed by atoms with van der Waals surface area (Å²) in [6, 6.07) is 8.08. The molecule has 0 saturated carbocycles. The molecule has 1 saturated heterocycles. The van der Waals surface area contributed by atoms with Gasteiger partial charge in [-0.05, 0) is 43.0 Å². The van der Waals surface area contributed by atoms with Crippen LogP contribution in [0.1, 0.15) is 29.6 Å². The van der Waals surface area contributed by atoms with Crippen LogP contribution in [0.25, 0.3) is 10.9 Å². The molecular weight excluding hydrogens is 290 g/mol. The number of aliphatic hydroxyl groups excluding tert-OH is 1. The van der Waals surface area contributed by atoms with Gasteiger partial charge in [-0.15, -0.1) is 0 Å². The van der Waals surface area contributed by atoms with Gasteiger partial charge in [-0.2, -0.15) is 0 Å². The Balaban J connectivity index is 1.56. The van der Waals surface area contributed by atoms with Gasteiger partial charge in [-0.1, -0.05) is 12.5 Å². The number of fused-ring (bicyclic) bond motifs is 1. The molecule has 23 heavy (non-hydrogen) atoms. The van der Waals surface area contributed by atoms with Crippen molar-refractivity contribution in [2.45, 2.75) is 25.3 Å². The zero-order valence-corrected chi connectivity index (χ0v) is 13.7. The van der Waals surface area contributed by atoms with E-state index in [0.29, 0.717) is 12.1 Å². The van der Waals surface area contributed by atoms with Crippen LogP contribution >= 0.6 is 0 Å². The topological polar surface area (TPSA) is 57.5 Å². The van der Waals surface area contributed by atoms with Gasteiger partial charge >= 0.3 is 0 Å². The summed E-state index contributed by atoms with van der Waals surface area (Å²) in [7, 11) is 1.98. The highest BCUT2D eigenvalue weighted by molar-refractivity contribution is 5.98. The maximum absolute atomic E-state index is 12.3. The molecule has 5 nitrogen and oxygen atoms in total. The molecule has 1 atom stereocenters. The molecule has 0 unspecified atom stereocenters. The molecule has 0 aliphatic carbocycles. The molecule has 1 aliphatic heterocycles. The van der Waals surface area contributed by atoms with Crippen LogP contribution in [0.5, 0.6) is 0 Å². The van der Waals surface area contributed by atoms with Crippen molar-refractivity contribution in [1.82, 2.24) is 14.8 Å². The minimum absolute atomic E-state index is 0.0364. The third kappa shape index (κ3) is 3.57. The van der Waals surface area contributed by atoms with Gasteiger partial charge in [0.2, 0.25) is 0 Å². The van der Waals surface area contributed by atoms with Gasteiger partial charge in [0.05, 0.1) is 6.61 Å². The highest BCUT2D eigenvalue weighted by atomic mass is 16.3. The standard InChI is InChI=1S/C18H25N3O2/c1-20-10-7-14-5-6-15(12-17(14)20)18(23)19-8-11-21-9-3-2-4-16(21)13-22/h5-7,10,12,16,22H,2-4,8-9,11,13H2,1H3,(H,19,23)/t16-/m0/s1. The first-order valence-electron chi connectivity index (χ1n) is 8.37. The fourth-order valence-electron chi connectivity index (χ4n) is 3.38. The van der Waals surface area contributed by atoms with Gasteiger partial charge in [0.1, 0.15) is 0 Å². The van der Waals surface area contributed by atoms with Crippen molar-refractivity contribution in [1.29, 1.82) is 0 Å². The van der Waals surface area contributed by atoms with E-state index in [1.54, 1.807) is 0 Å². The summed E-state index contributed by atoms with van der Waals surface area (Å²) in [5.41, 5.74) is 1.76. The molecule has 0 spiro atoms. The number of benzene rings is 1. The number of aliphatic hydroxyl groups is 1. The molecule has 5 heteroatoms. The van der Waals surface area contributed by atoms with Crippen LogP contribution in [-0.2, 0) is 7.05 Å². The average Bonchev–Trinajstić information content (AvgIpc) is 2.96. The monoisotopic (exact) mass is 315 g/mol. The predicted octanol–water partition coefficient (Wildman–Crippen LogP) is 1.75. The molecule has 2 heterocycles. The lowest BCUT2D eigenvalue weighted by atomic mass is 10.0. The first-order valence-corrected chi connectivity index (χ1v) is 8.37. The first-order chi connectivity index (χ1) is 11.2. The van der Waals surface area contributed by atoms with Crippen LogP contribution in [-0.4, -0.2) is 52.8 Å². The molecule has 1 fully saturated rings. The summed E-state index contributed by atoms with van der Waals surface area (Å²) in [6.07, 6.45) is 5.41. The molecule has 0 bridgehead atoms. The van der Waals surface area contributed by atoms with Crippen molar-refractivity contribution in [3.63, 3.8) is 0 Å². The number of nitrogens with zero attached hydrogens (tertiary/aromatic N) is 2. The fourth-order valence-corrected chi connectivity index (χ4v) is 3.38. The number of carbonyl (C=O) groups excluding carboxylic acids is 1. The zero-order chi connectivity index (χ0) is 16.2. The van der Waals surface area contributed by atoms with Crippen LogP contribution < -0.4 is 5.32 Å². The van der Waals surface area contributed by atoms with Crippen LogP contribution in [0.3, 0.4) is 0 Å². The van der Waals surface area contributed by atoms with E-state index < -0.39 is 0 Å². The highest BCUT2D eigenvalue weighted by Gasteiger charge is 2.21. The summed E-state index contributed by atoms with van der Waals surface area (Å²) < 4.78 is 2.02. The number of nitrogens with one attached hydrogen (secondary N) is 1. The molecule has 1 aromatic heterocycles. The van der Waals surface area contributed by atoms with Crippen molar-refractivity contribution in [3.05, 3.63) is 36.0 Å². The van der Waals surface area contributed by atoms with Crippen molar-refractivity contribution in [3.8, 4) is 0 Å². The number of hydrogen-bond donors (Lipinski definition) is 2. The normalized spacial score (nSPS) is 19.1. The van der Waals surface area contributed by atoms with Gasteiger partial charge in [-0.25, -0.2) is 0 Å². The fraction of sp³-hybridized carbons (Fsp3) is 0.500. The summed E-state index contributed by atoms with van der Waals surface area (Å²) >= 11 is 0. The number of aromatic nitrogens is 1. The lowest BCUT2D eigenvalue weighted by molar-refractivity contribution is 0.0849. The van der Waals surface area contributed by atoms with Gasteiger partial charge in [0, 0.05) is 43.5 Å². The van der Waals surface area contributed by atoms with Crippen molar-refractivity contribution < 1.29 is 9.90 Å². The van der Waals surface area contributed by atoms with E-state index in [2.05, 4.69) is 10.2 Å². The highest BCUT2D eigenvalue weighted by Crippen LogP contribution is 2.17. The Labute approximate surface area is 136 Å². The van der Waals surface area contributed by atoms with E-state index >= 15 is 0 Å². The summed E-state index contributed by atoms with van der Waals surface area (Å²) in [5, 5.41) is 13.6. The minimum Gasteiger partial charge on any atom is -0.395 e. The van der Waals surface area contributed by atoms with Gasteiger partial charge < -0.3 is 15.0 Å². The number of likely N-dealkylation sites (tertiary alicyclic amines) is 1. The average molecular weight is 315 g/mol. The number of carbonyl (C=O) groups is 1. The predicted molar refractivity (Wildman–Crippen MR) is 91.6 cm³/mol. The number of rotatable bonds is 5. The Bertz CT molecular complexity index is 680. The van der Waals surface area contributed by atoms with Gasteiger partial charge in [-0.3, -0.25) is 9.69 Å². The van der Waals surface area contributed by atoms with Gasteiger partial charge in [0.25, 0.3) is 5.91 Å². The van der Waals surface area contributed by atoms with Crippen LogP contribution in [0, 0.1) is 0 Å². The molecule has 124 valence electrons. The number of hydrogen-bond acceptors (Lipinski definition) is 3. The Morgan fingerprint density at radius 1 is 1.35 bits per heavy atom. The number of amides is 1. The third-order valence-electron chi connectivity index (χ3n) is 4.79. The largest absolute Gasteiger partial charge is 0.395 e. The zero-order valence-electron chi connectivity index (χ0n) is 13.7. The second kappa shape index (κ2) is 7.15. The smallest absolute Gasteiger partial charge is 0.251 e. The molecule has 0 radical (unpaired) electrons. The Kier molecular flexibility index (Phi) is 4.98. The number of piperidine rings is 1. The second-order valence-electron chi connectivity index (χ2n) is 6.32. The summed E-state index contributed by atoms with van der Waals surface area (Å²) in [5.74, 6) is -0.0364. The summed E-state index contributed by atoms with van der Waals surface area (Å²) in [4.78, 5) is 14.6. The maximum Gasteiger partial charge on any atom is 0.251 e. The Morgan fingerprint density at radius 3 is 3.04 bits per heavy atom. The first kappa shape index (κ1) is 16.0. The van der Waals surface area contributed by atoms with E-state index in [0.717, 1.165) is 30.4 Å². The van der Waals surface area contributed by atoms with E-state index in [4.69, 9.17) is 0 Å². The Morgan fingerprint density at radius 2 is 2.22 bits per heavy atom. The quantitative estimate of drug-likeness (QED) is 0.884. The van der Waals surface area contributed by atoms with Crippen molar-refractivity contribution >= 4 is 16.8 Å². The summed E-state index contributed by atoms with van der Waals surface area (Å²) in [6.45, 7) is 2.62. The molecule has 1 aromatic carbocycles. The van der Waals surface area contributed by atoms with Gasteiger partial charge in [0.15, 0.2) is 0 Å². The van der Waals surface area contributed by atoms with E-state index in [9.17, 15) is 9.90 Å². The van der Waals surface area contributed by atoms with Crippen molar-refractivity contribution in [2.75, 3.05) is 26.2 Å². The SMILES string of the molecule is Cn1ccc2ccc(C(=O)NCCN3CCCC[C@H]3CO)cc21. The van der Waals surface area contributed by atoms with Crippen LogP contribution in [0.4, 0.5) is 0 Å². The minimum atomic E-state index is -0.0364. The number of aryl methyl sites for hydroxylation is 1. The lowest BCUT2D eigenvalue weighted by Crippen LogP contribution is -2.45. The van der Waals surface area contributed by atoms with E-state index in [1.165, 1.54) is 12.8 Å². The van der Waals surface area contributed by atoms with E-state index in [1.807, 2.05) is 42.1 Å². The van der Waals surface area contributed by atoms with Crippen molar-refractivity contribution in [2.24, 2.45) is 7.05 Å². The second-order valence-corrected chi connectivity index (χ2v) is 6.32. The van der Waals surface area contributed by atoms with Crippen LogP contribution in [0.2, 0.25) is 0 Å².